The molecule has 0 radical (unpaired) electrons. The zero-order valence-corrected chi connectivity index (χ0v) is 18.0. The van der Waals surface area contributed by atoms with E-state index < -0.39 is 10.0 Å². The van der Waals surface area contributed by atoms with Crippen molar-refractivity contribution in [1.82, 2.24) is 5.32 Å². The second-order valence-corrected chi connectivity index (χ2v) is 9.56. The Morgan fingerprint density at radius 2 is 1.89 bits per heavy atom. The Labute approximate surface area is 173 Å². The third-order valence-corrected chi connectivity index (χ3v) is 5.77. The van der Waals surface area contributed by atoms with Crippen LogP contribution < -0.4 is 10.0 Å². The van der Waals surface area contributed by atoms with E-state index in [1.54, 1.807) is 43.3 Å². The van der Waals surface area contributed by atoms with Crippen molar-refractivity contribution in [3.8, 4) is 0 Å². The molecule has 0 spiro atoms. The van der Waals surface area contributed by atoms with Crippen LogP contribution >= 0.6 is 35.0 Å². The van der Waals surface area contributed by atoms with Crippen LogP contribution in [0.2, 0.25) is 10.0 Å². The molecule has 1 unspecified atom stereocenters. The molecule has 0 aliphatic rings. The first-order chi connectivity index (χ1) is 12.7. The second kappa shape index (κ2) is 9.68. The maximum absolute atomic E-state index is 12.2. The number of benzene rings is 2. The molecule has 5 nitrogen and oxygen atoms in total. The Morgan fingerprint density at radius 1 is 1.19 bits per heavy atom. The first kappa shape index (κ1) is 21.9. The lowest BCUT2D eigenvalue weighted by atomic mass is 10.1. The van der Waals surface area contributed by atoms with Crippen LogP contribution in [0.4, 0.5) is 5.69 Å². The number of carbonyl (C=O) groups excluding carboxylic acids is 1. The van der Waals surface area contributed by atoms with Gasteiger partial charge in [-0.3, -0.25) is 9.52 Å². The summed E-state index contributed by atoms with van der Waals surface area (Å²) in [5.41, 5.74) is 2.06. The number of para-hydroxylation sites is 1. The minimum absolute atomic E-state index is 0.147. The summed E-state index contributed by atoms with van der Waals surface area (Å²) in [6, 6.07) is 11.9. The molecule has 0 heterocycles. The molecule has 2 N–H and O–H groups in total. The second-order valence-electron chi connectivity index (χ2n) is 5.98. The van der Waals surface area contributed by atoms with E-state index in [1.165, 1.54) is 11.8 Å². The van der Waals surface area contributed by atoms with E-state index in [4.69, 9.17) is 23.2 Å². The topological polar surface area (TPSA) is 75.3 Å². The van der Waals surface area contributed by atoms with Crippen LogP contribution in [0, 0.1) is 0 Å². The molecule has 2 rings (SSSR count). The van der Waals surface area contributed by atoms with Gasteiger partial charge in [-0.15, -0.1) is 11.8 Å². The number of nitrogens with one attached hydrogen (secondary N) is 2. The summed E-state index contributed by atoms with van der Waals surface area (Å²) in [7, 11) is -3.40. The highest BCUT2D eigenvalue weighted by molar-refractivity contribution is 7.99. The van der Waals surface area contributed by atoms with Gasteiger partial charge in [-0.1, -0.05) is 47.5 Å². The average molecular weight is 447 g/mol. The maximum Gasteiger partial charge on any atom is 0.230 e. The molecule has 0 bridgehead atoms. The molecule has 27 heavy (non-hydrogen) atoms. The van der Waals surface area contributed by atoms with Crippen LogP contribution in [0.3, 0.4) is 0 Å². The van der Waals surface area contributed by atoms with Crippen molar-refractivity contribution < 1.29 is 13.2 Å². The van der Waals surface area contributed by atoms with Crippen molar-refractivity contribution in [3.63, 3.8) is 0 Å². The van der Waals surface area contributed by atoms with Gasteiger partial charge in [0.15, 0.2) is 0 Å². The van der Waals surface area contributed by atoms with Gasteiger partial charge in [0.1, 0.15) is 0 Å². The predicted molar refractivity (Wildman–Crippen MR) is 114 cm³/mol. The summed E-state index contributed by atoms with van der Waals surface area (Å²) in [5, 5.41) is 4.03. The number of hydrogen-bond donors (Lipinski definition) is 2. The molecule has 9 heteroatoms. The monoisotopic (exact) mass is 446 g/mol. The van der Waals surface area contributed by atoms with Gasteiger partial charge < -0.3 is 5.32 Å². The molecular formula is C18H20Cl2N2O3S2. The molecule has 0 fully saturated rings. The van der Waals surface area contributed by atoms with Crippen LogP contribution in [-0.4, -0.2) is 26.3 Å². The van der Waals surface area contributed by atoms with E-state index in [-0.39, 0.29) is 17.7 Å². The Morgan fingerprint density at radius 3 is 2.56 bits per heavy atom. The van der Waals surface area contributed by atoms with Gasteiger partial charge in [-0.2, -0.15) is 0 Å². The van der Waals surface area contributed by atoms with Gasteiger partial charge >= 0.3 is 0 Å². The number of halogens is 2. The fourth-order valence-corrected chi connectivity index (χ4v) is 4.40. The molecule has 2 aromatic rings. The van der Waals surface area contributed by atoms with Gasteiger partial charge in [0.25, 0.3) is 0 Å². The van der Waals surface area contributed by atoms with Crippen molar-refractivity contribution in [3.05, 3.63) is 63.6 Å². The molecule has 1 atom stereocenters. The Balaban J connectivity index is 1.92. The third kappa shape index (κ3) is 7.25. The fourth-order valence-electron chi connectivity index (χ4n) is 2.42. The maximum atomic E-state index is 12.2. The first-order valence-electron chi connectivity index (χ1n) is 8.03. The van der Waals surface area contributed by atoms with E-state index in [0.717, 1.165) is 11.8 Å². The highest BCUT2D eigenvalue weighted by Crippen LogP contribution is 2.26. The summed E-state index contributed by atoms with van der Waals surface area (Å²) < 4.78 is 25.5. The lowest BCUT2D eigenvalue weighted by molar-refractivity contribution is -0.119. The van der Waals surface area contributed by atoms with Crippen molar-refractivity contribution in [2.45, 2.75) is 18.7 Å². The summed E-state index contributed by atoms with van der Waals surface area (Å²) in [6.07, 6.45) is 1.09. The van der Waals surface area contributed by atoms with Crippen LogP contribution in [0.1, 0.15) is 24.1 Å². The standard InChI is InChI=1S/C18H20Cl2N2O3S2/c1-12(15-5-3-4-6-17(15)22-27(2,24)25)21-18(23)11-26-10-13-7-8-14(19)9-16(13)20/h3-9,12,22H,10-11H2,1-2H3,(H,21,23). The zero-order chi connectivity index (χ0) is 20.0. The summed E-state index contributed by atoms with van der Waals surface area (Å²) >= 11 is 13.4. The van der Waals surface area contributed by atoms with Crippen molar-refractivity contribution in [1.29, 1.82) is 0 Å². The molecule has 0 aliphatic carbocycles. The molecule has 0 saturated carbocycles. The highest BCUT2D eigenvalue weighted by atomic mass is 35.5. The lowest BCUT2D eigenvalue weighted by Crippen LogP contribution is -2.29. The van der Waals surface area contributed by atoms with Gasteiger partial charge in [0.05, 0.1) is 23.7 Å². The number of thioether (sulfide) groups is 1. The predicted octanol–water partition coefficient (Wildman–Crippen LogP) is 4.48. The van der Waals surface area contributed by atoms with Gasteiger partial charge in [0.2, 0.25) is 15.9 Å². The molecule has 0 aromatic heterocycles. The third-order valence-electron chi connectivity index (χ3n) is 3.61. The van der Waals surface area contributed by atoms with Crippen LogP contribution in [0.15, 0.2) is 42.5 Å². The molecule has 0 saturated heterocycles. The number of carbonyl (C=O) groups is 1. The number of amides is 1. The van der Waals surface area contributed by atoms with Crippen molar-refractivity contribution in [2.75, 3.05) is 16.7 Å². The Bertz CT molecular complexity index is 921. The van der Waals surface area contributed by atoms with E-state index >= 15 is 0 Å². The number of anilines is 1. The fraction of sp³-hybridized carbons (Fsp3) is 0.278. The normalized spacial score (nSPS) is 12.4. The molecule has 1 amide bonds. The lowest BCUT2D eigenvalue weighted by Gasteiger charge is -2.18. The van der Waals surface area contributed by atoms with Crippen LogP contribution in [0.5, 0.6) is 0 Å². The van der Waals surface area contributed by atoms with Crippen molar-refractivity contribution >= 4 is 56.6 Å². The first-order valence-corrected chi connectivity index (χ1v) is 11.8. The minimum atomic E-state index is -3.40. The van der Waals surface area contributed by atoms with Crippen LogP contribution in [-0.2, 0) is 20.6 Å². The van der Waals surface area contributed by atoms with Crippen molar-refractivity contribution in [2.24, 2.45) is 0 Å². The highest BCUT2D eigenvalue weighted by Gasteiger charge is 2.15. The smallest absolute Gasteiger partial charge is 0.230 e. The van der Waals surface area contributed by atoms with Gasteiger partial charge in [0, 0.05) is 15.8 Å². The van der Waals surface area contributed by atoms with E-state index in [0.29, 0.717) is 27.0 Å². The SMILES string of the molecule is CC(NC(=O)CSCc1ccc(Cl)cc1Cl)c1ccccc1NS(C)(=O)=O. The minimum Gasteiger partial charge on any atom is -0.349 e. The summed E-state index contributed by atoms with van der Waals surface area (Å²) in [6.45, 7) is 1.81. The Kier molecular flexibility index (Phi) is 7.85. The number of hydrogen-bond acceptors (Lipinski definition) is 4. The number of rotatable bonds is 8. The largest absolute Gasteiger partial charge is 0.349 e. The van der Waals surface area contributed by atoms with E-state index in [2.05, 4.69) is 10.0 Å². The molecule has 0 aliphatic heterocycles. The average Bonchev–Trinajstić information content (AvgIpc) is 2.55. The number of sulfonamides is 1. The molecule has 2 aromatic carbocycles. The Hall–Kier alpha value is -1.41. The summed E-state index contributed by atoms with van der Waals surface area (Å²) in [4.78, 5) is 12.2. The van der Waals surface area contributed by atoms with Gasteiger partial charge in [-0.05, 0) is 36.2 Å². The molecule has 146 valence electrons. The molecular weight excluding hydrogens is 427 g/mol. The summed E-state index contributed by atoms with van der Waals surface area (Å²) in [5.74, 6) is 0.696. The van der Waals surface area contributed by atoms with E-state index in [1.807, 2.05) is 6.07 Å². The van der Waals surface area contributed by atoms with E-state index in [9.17, 15) is 13.2 Å². The quantitative estimate of drug-likeness (QED) is 0.626. The van der Waals surface area contributed by atoms with Crippen LogP contribution in [0.25, 0.3) is 0 Å². The van der Waals surface area contributed by atoms with Gasteiger partial charge in [-0.25, -0.2) is 8.42 Å². The zero-order valence-electron chi connectivity index (χ0n) is 14.8.